The van der Waals surface area contributed by atoms with Crippen LogP contribution in [0.15, 0.2) is 5.16 Å². The monoisotopic (exact) mass is 414 g/mol. The molecule has 150 valence electrons. The summed E-state index contributed by atoms with van der Waals surface area (Å²) >= 11 is 1.47. The molecule has 2 rings (SSSR count). The number of nitrogens with one attached hydrogen (secondary N) is 1. The molecule has 27 heavy (non-hydrogen) atoms. The number of hydrogen-bond acceptors (Lipinski definition) is 7. The summed E-state index contributed by atoms with van der Waals surface area (Å²) in [5.41, 5.74) is 2.67. The number of thioether (sulfide) groups is 1. The smallest absolute Gasteiger partial charge is 0.244 e. The average Bonchev–Trinajstić information content (AvgIpc) is 2.60. The lowest BCUT2D eigenvalue weighted by molar-refractivity contribution is -0.135. The fourth-order valence-electron chi connectivity index (χ4n) is 2.98. The summed E-state index contributed by atoms with van der Waals surface area (Å²) in [6.45, 7) is 5.78. The highest BCUT2D eigenvalue weighted by Gasteiger charge is 2.28. The van der Waals surface area contributed by atoms with Gasteiger partial charge in [-0.05, 0) is 39.0 Å². The molecule has 1 aromatic heterocycles. The molecule has 8 nitrogen and oxygen atoms in total. The molecule has 1 fully saturated rings. The van der Waals surface area contributed by atoms with Gasteiger partial charge in [0.25, 0.3) is 0 Å². The van der Waals surface area contributed by atoms with Crippen LogP contribution in [0.2, 0.25) is 0 Å². The van der Waals surface area contributed by atoms with Crippen LogP contribution in [0.1, 0.15) is 30.3 Å². The average molecular weight is 415 g/mol. The van der Waals surface area contributed by atoms with Crippen LogP contribution in [0, 0.1) is 13.8 Å². The molecule has 1 unspecified atom stereocenters. The first-order chi connectivity index (χ1) is 12.6. The van der Waals surface area contributed by atoms with Gasteiger partial charge in [-0.2, -0.15) is 0 Å². The summed E-state index contributed by atoms with van der Waals surface area (Å²) in [5.74, 6) is -0.528. The summed E-state index contributed by atoms with van der Waals surface area (Å²) in [5, 5.41) is 3.41. The molecule has 1 N–H and O–H groups in total. The molecule has 0 aliphatic carbocycles. The van der Waals surface area contributed by atoms with E-state index in [9.17, 15) is 18.0 Å². The summed E-state index contributed by atoms with van der Waals surface area (Å²) in [6, 6.07) is -0.685. The van der Waals surface area contributed by atoms with Gasteiger partial charge in [-0.1, -0.05) is 11.8 Å². The molecule has 2 amide bonds. The number of rotatable bonds is 6. The number of aryl methyl sites for hydroxylation is 2. The molecule has 2 heterocycles. The van der Waals surface area contributed by atoms with E-state index < -0.39 is 15.9 Å². The molecule has 1 aliphatic heterocycles. The Balaban J connectivity index is 1.87. The van der Waals surface area contributed by atoms with E-state index in [-0.39, 0.29) is 42.8 Å². The van der Waals surface area contributed by atoms with E-state index in [1.165, 1.54) is 16.7 Å². The van der Waals surface area contributed by atoms with Crippen molar-refractivity contribution in [2.45, 2.75) is 44.8 Å². The molecule has 0 radical (unpaired) electrons. The first-order valence-electron chi connectivity index (χ1n) is 8.79. The fourth-order valence-corrected chi connectivity index (χ4v) is 4.64. The molecule has 1 atom stereocenters. The Morgan fingerprint density at radius 1 is 1.19 bits per heavy atom. The Morgan fingerprint density at radius 2 is 1.74 bits per heavy atom. The van der Waals surface area contributed by atoms with Gasteiger partial charge in [0.15, 0.2) is 15.0 Å². The maximum Gasteiger partial charge on any atom is 0.244 e. The van der Waals surface area contributed by atoms with Crippen LogP contribution in [0.4, 0.5) is 0 Å². The quantitative estimate of drug-likeness (QED) is 0.533. The van der Waals surface area contributed by atoms with Crippen LogP contribution in [-0.2, 0) is 25.8 Å². The Labute approximate surface area is 164 Å². The summed E-state index contributed by atoms with van der Waals surface area (Å²) in [4.78, 5) is 34.9. The van der Waals surface area contributed by atoms with Crippen molar-refractivity contribution < 1.29 is 18.0 Å². The summed E-state index contributed by atoms with van der Waals surface area (Å²) in [6.07, 6.45) is 2.65. The van der Waals surface area contributed by atoms with E-state index in [0.717, 1.165) is 17.0 Å². The number of sulfone groups is 1. The lowest BCUT2D eigenvalue weighted by Gasteiger charge is -2.29. The van der Waals surface area contributed by atoms with Gasteiger partial charge in [0, 0.05) is 30.9 Å². The molecule has 0 saturated carbocycles. The molecule has 1 aromatic rings. The van der Waals surface area contributed by atoms with Crippen molar-refractivity contribution in [1.29, 1.82) is 0 Å². The van der Waals surface area contributed by atoms with Crippen molar-refractivity contribution in [2.75, 3.05) is 30.9 Å². The lowest BCUT2D eigenvalue weighted by atomic mass is 10.1. The van der Waals surface area contributed by atoms with Crippen LogP contribution < -0.4 is 5.32 Å². The van der Waals surface area contributed by atoms with Crippen LogP contribution in [-0.4, -0.2) is 72.0 Å². The number of carbonyl (C=O) groups is 2. The third-order valence-electron chi connectivity index (χ3n) is 4.59. The SMILES string of the molecule is CSc1nc(C)c(CCC(=O)NC(C)C(=O)N2CCS(=O)(=O)CC2)c(C)n1. The summed E-state index contributed by atoms with van der Waals surface area (Å²) in [7, 11) is -3.05. The van der Waals surface area contributed by atoms with E-state index in [1.54, 1.807) is 6.92 Å². The third-order valence-corrected chi connectivity index (χ3v) is 6.75. The van der Waals surface area contributed by atoms with Gasteiger partial charge >= 0.3 is 0 Å². The summed E-state index contributed by atoms with van der Waals surface area (Å²) < 4.78 is 22.9. The minimum absolute atomic E-state index is 0.0238. The normalized spacial score (nSPS) is 17.4. The van der Waals surface area contributed by atoms with Crippen molar-refractivity contribution in [1.82, 2.24) is 20.2 Å². The zero-order chi connectivity index (χ0) is 20.2. The molecular formula is C17H26N4O4S2. The Morgan fingerprint density at radius 3 is 2.26 bits per heavy atom. The highest BCUT2D eigenvalue weighted by molar-refractivity contribution is 7.98. The maximum absolute atomic E-state index is 12.4. The van der Waals surface area contributed by atoms with E-state index >= 15 is 0 Å². The Hall–Kier alpha value is -1.68. The standard InChI is InChI=1S/C17H26N4O4S2/c1-11-14(12(2)20-17(19-11)26-4)5-6-15(22)18-13(3)16(23)21-7-9-27(24,25)10-8-21/h13H,5-10H2,1-4H3,(H,18,22). The molecular weight excluding hydrogens is 388 g/mol. The van der Waals surface area contributed by atoms with Gasteiger partial charge in [0.2, 0.25) is 11.8 Å². The molecule has 0 aromatic carbocycles. The third kappa shape index (κ3) is 5.90. The van der Waals surface area contributed by atoms with Gasteiger partial charge in [0.1, 0.15) is 6.04 Å². The van der Waals surface area contributed by atoms with Gasteiger partial charge in [-0.3, -0.25) is 9.59 Å². The van der Waals surface area contributed by atoms with Gasteiger partial charge < -0.3 is 10.2 Å². The zero-order valence-corrected chi connectivity index (χ0v) is 17.7. The second-order valence-electron chi connectivity index (χ2n) is 6.63. The second kappa shape index (κ2) is 9.01. The van der Waals surface area contributed by atoms with Crippen LogP contribution >= 0.6 is 11.8 Å². The minimum Gasteiger partial charge on any atom is -0.345 e. The van der Waals surface area contributed by atoms with Crippen molar-refractivity contribution in [2.24, 2.45) is 0 Å². The number of carbonyl (C=O) groups excluding carboxylic acids is 2. The first-order valence-corrected chi connectivity index (χ1v) is 11.8. The number of hydrogen-bond donors (Lipinski definition) is 1. The van der Waals surface area contributed by atoms with Gasteiger partial charge in [-0.15, -0.1) is 0 Å². The topological polar surface area (TPSA) is 109 Å². The minimum atomic E-state index is -3.05. The highest BCUT2D eigenvalue weighted by atomic mass is 32.2. The zero-order valence-electron chi connectivity index (χ0n) is 16.1. The molecule has 1 saturated heterocycles. The van der Waals surface area contributed by atoms with Crippen LogP contribution in [0.3, 0.4) is 0 Å². The molecule has 0 bridgehead atoms. The Kier molecular flexibility index (Phi) is 7.21. The second-order valence-corrected chi connectivity index (χ2v) is 9.70. The maximum atomic E-state index is 12.4. The van der Waals surface area contributed by atoms with Crippen LogP contribution in [0.5, 0.6) is 0 Å². The number of amides is 2. The first kappa shape index (κ1) is 21.6. The van der Waals surface area contributed by atoms with Crippen molar-refractivity contribution in [3.63, 3.8) is 0 Å². The van der Waals surface area contributed by atoms with E-state index in [4.69, 9.17) is 0 Å². The van der Waals surface area contributed by atoms with Crippen molar-refractivity contribution in [3.8, 4) is 0 Å². The largest absolute Gasteiger partial charge is 0.345 e. The molecule has 10 heteroatoms. The van der Waals surface area contributed by atoms with E-state index in [2.05, 4.69) is 15.3 Å². The van der Waals surface area contributed by atoms with Crippen molar-refractivity contribution >= 4 is 33.4 Å². The van der Waals surface area contributed by atoms with Crippen LogP contribution in [0.25, 0.3) is 0 Å². The van der Waals surface area contributed by atoms with Crippen molar-refractivity contribution in [3.05, 3.63) is 17.0 Å². The highest BCUT2D eigenvalue weighted by Crippen LogP contribution is 2.17. The Bertz CT molecular complexity index is 789. The van der Waals surface area contributed by atoms with E-state index in [0.29, 0.717) is 11.6 Å². The molecule has 0 spiro atoms. The lowest BCUT2D eigenvalue weighted by Crippen LogP contribution is -2.51. The predicted octanol–water partition coefficient (Wildman–Crippen LogP) is 0.510. The fraction of sp³-hybridized carbons (Fsp3) is 0.647. The molecule has 1 aliphatic rings. The number of aromatic nitrogens is 2. The van der Waals surface area contributed by atoms with E-state index in [1.807, 2.05) is 20.1 Å². The predicted molar refractivity (Wildman–Crippen MR) is 104 cm³/mol. The number of nitrogens with zero attached hydrogens (tertiary/aromatic N) is 3. The van der Waals surface area contributed by atoms with Gasteiger partial charge in [-0.25, -0.2) is 18.4 Å². The van der Waals surface area contributed by atoms with Gasteiger partial charge in [0.05, 0.1) is 11.5 Å².